The van der Waals surface area contributed by atoms with Gasteiger partial charge in [-0.3, -0.25) is 4.79 Å². The van der Waals surface area contributed by atoms with Crippen LogP contribution in [0.15, 0.2) is 24.3 Å². The Morgan fingerprint density at radius 3 is 2.30 bits per heavy atom. The predicted molar refractivity (Wildman–Crippen MR) is 71.5 cm³/mol. The molecule has 2 atom stereocenters. The van der Waals surface area contributed by atoms with Gasteiger partial charge in [-0.2, -0.15) is 13.2 Å². The fraction of sp³-hybridized carbons (Fsp3) is 0.562. The number of carbonyl (C=O) groups is 1. The van der Waals surface area contributed by atoms with Crippen molar-refractivity contribution < 1.29 is 18.0 Å². The van der Waals surface area contributed by atoms with Crippen LogP contribution in [0.4, 0.5) is 13.2 Å². The van der Waals surface area contributed by atoms with Crippen LogP contribution in [0, 0.1) is 11.8 Å². The van der Waals surface area contributed by atoms with Crippen molar-refractivity contribution in [1.29, 1.82) is 0 Å². The predicted octanol–water partition coefficient (Wildman–Crippen LogP) is 5.10. The molecule has 1 fully saturated rings. The van der Waals surface area contributed by atoms with Crippen LogP contribution in [0.5, 0.6) is 0 Å². The maximum atomic E-state index is 12.5. The highest BCUT2D eigenvalue weighted by Gasteiger charge is 2.32. The average Bonchev–Trinajstić information content (AvgIpc) is 2.45. The average molecular weight is 284 g/mol. The summed E-state index contributed by atoms with van der Waals surface area (Å²) >= 11 is 0. The molecule has 2 rings (SSSR count). The molecular formula is C16H19F3O. The smallest absolute Gasteiger partial charge is 0.294 e. The van der Waals surface area contributed by atoms with Crippen molar-refractivity contribution in [3.8, 4) is 0 Å². The molecule has 1 aliphatic rings. The molecule has 0 amide bonds. The molecule has 1 nitrogen and oxygen atoms in total. The van der Waals surface area contributed by atoms with Crippen molar-refractivity contribution >= 4 is 5.78 Å². The number of Topliss-reactive ketones (excluding diaryl/α,β-unsaturated/α-hetero) is 1. The molecule has 0 bridgehead atoms. The van der Waals surface area contributed by atoms with Crippen molar-refractivity contribution in [3.05, 3.63) is 35.4 Å². The van der Waals surface area contributed by atoms with Gasteiger partial charge in [-0.05, 0) is 30.9 Å². The Bertz CT molecular complexity index is 462. The fourth-order valence-corrected chi connectivity index (χ4v) is 3.08. The zero-order valence-corrected chi connectivity index (χ0v) is 11.5. The summed E-state index contributed by atoms with van der Waals surface area (Å²) in [6.07, 6.45) is 0.699. The Labute approximate surface area is 117 Å². The number of hydrogen-bond acceptors (Lipinski definition) is 1. The summed E-state index contributed by atoms with van der Waals surface area (Å²) in [6.45, 7) is 2.07. The second-order valence-electron chi connectivity index (χ2n) is 5.50. The van der Waals surface area contributed by atoms with E-state index in [1.807, 2.05) is 0 Å². The number of halogens is 3. The Kier molecular flexibility index (Phi) is 4.51. The Morgan fingerprint density at radius 1 is 1.15 bits per heavy atom. The van der Waals surface area contributed by atoms with Gasteiger partial charge in [0.15, 0.2) is 5.78 Å². The van der Waals surface area contributed by atoms with E-state index < -0.39 is 11.7 Å². The van der Waals surface area contributed by atoms with E-state index in [1.54, 1.807) is 0 Å². The third kappa shape index (κ3) is 3.22. The van der Waals surface area contributed by atoms with Gasteiger partial charge in [-0.1, -0.05) is 38.3 Å². The molecule has 0 radical (unpaired) electrons. The summed E-state index contributed by atoms with van der Waals surface area (Å²) in [6, 6.07) is 4.62. The van der Waals surface area contributed by atoms with E-state index in [2.05, 4.69) is 6.92 Å². The zero-order chi connectivity index (χ0) is 14.8. The molecule has 0 aromatic heterocycles. The van der Waals surface area contributed by atoms with Crippen molar-refractivity contribution in [3.63, 3.8) is 0 Å². The minimum atomic E-state index is -4.35. The highest BCUT2D eigenvalue weighted by molar-refractivity contribution is 5.98. The van der Waals surface area contributed by atoms with Crippen molar-refractivity contribution in [2.75, 3.05) is 0 Å². The molecule has 1 aromatic rings. The number of carbonyl (C=O) groups excluding carboxylic acids is 1. The summed E-state index contributed by atoms with van der Waals surface area (Å²) in [4.78, 5) is 12.4. The summed E-state index contributed by atoms with van der Waals surface area (Å²) in [7, 11) is 0. The SMILES string of the molecule is CCC1CCCCC1C(=O)c1ccc(C(F)(F)F)cc1. The topological polar surface area (TPSA) is 17.1 Å². The van der Waals surface area contributed by atoms with Gasteiger partial charge in [-0.15, -0.1) is 0 Å². The zero-order valence-electron chi connectivity index (χ0n) is 11.5. The lowest BCUT2D eigenvalue weighted by atomic mass is 9.74. The van der Waals surface area contributed by atoms with E-state index in [4.69, 9.17) is 0 Å². The van der Waals surface area contributed by atoms with E-state index in [0.717, 1.165) is 44.2 Å². The van der Waals surface area contributed by atoms with E-state index in [0.29, 0.717) is 11.5 Å². The normalized spacial score (nSPS) is 23.6. The van der Waals surface area contributed by atoms with Gasteiger partial charge < -0.3 is 0 Å². The van der Waals surface area contributed by atoms with Crippen LogP contribution in [-0.2, 0) is 6.18 Å². The van der Waals surface area contributed by atoms with Crippen molar-refractivity contribution in [1.82, 2.24) is 0 Å². The Hall–Kier alpha value is -1.32. The lowest BCUT2D eigenvalue weighted by Gasteiger charge is -2.29. The van der Waals surface area contributed by atoms with E-state index in [-0.39, 0.29) is 11.7 Å². The lowest BCUT2D eigenvalue weighted by Crippen LogP contribution is -2.27. The second-order valence-corrected chi connectivity index (χ2v) is 5.50. The van der Waals surface area contributed by atoms with Crippen LogP contribution in [0.25, 0.3) is 0 Å². The van der Waals surface area contributed by atoms with Gasteiger partial charge in [0.2, 0.25) is 0 Å². The van der Waals surface area contributed by atoms with Gasteiger partial charge >= 0.3 is 6.18 Å². The first kappa shape index (κ1) is 15.1. The van der Waals surface area contributed by atoms with Crippen LogP contribution in [0.2, 0.25) is 0 Å². The van der Waals surface area contributed by atoms with E-state index >= 15 is 0 Å². The molecule has 0 heterocycles. The molecule has 0 saturated heterocycles. The second kappa shape index (κ2) is 5.98. The van der Waals surface area contributed by atoms with E-state index in [9.17, 15) is 18.0 Å². The molecule has 0 spiro atoms. The minimum absolute atomic E-state index is 0.00488. The quantitative estimate of drug-likeness (QED) is 0.705. The van der Waals surface area contributed by atoms with Gasteiger partial charge in [-0.25, -0.2) is 0 Å². The maximum Gasteiger partial charge on any atom is 0.416 e. The van der Waals surface area contributed by atoms with Crippen LogP contribution in [0.1, 0.15) is 54.9 Å². The molecule has 1 saturated carbocycles. The fourth-order valence-electron chi connectivity index (χ4n) is 3.08. The molecule has 0 aliphatic heterocycles. The third-order valence-corrected chi connectivity index (χ3v) is 4.27. The summed E-state index contributed by atoms with van der Waals surface area (Å²) in [5.74, 6) is 0.356. The number of ketones is 1. The molecule has 4 heteroatoms. The molecule has 1 aromatic carbocycles. The number of hydrogen-bond donors (Lipinski definition) is 0. The first-order valence-electron chi connectivity index (χ1n) is 7.15. The Morgan fingerprint density at radius 2 is 1.75 bits per heavy atom. The molecule has 2 unspecified atom stereocenters. The largest absolute Gasteiger partial charge is 0.416 e. The third-order valence-electron chi connectivity index (χ3n) is 4.27. The van der Waals surface area contributed by atoms with E-state index in [1.165, 1.54) is 12.1 Å². The first-order valence-corrected chi connectivity index (χ1v) is 7.15. The molecule has 110 valence electrons. The molecule has 20 heavy (non-hydrogen) atoms. The van der Waals surface area contributed by atoms with Crippen molar-refractivity contribution in [2.24, 2.45) is 11.8 Å². The lowest BCUT2D eigenvalue weighted by molar-refractivity contribution is -0.137. The summed E-state index contributed by atoms with van der Waals surface area (Å²) < 4.78 is 37.5. The highest BCUT2D eigenvalue weighted by Crippen LogP contribution is 2.35. The van der Waals surface area contributed by atoms with Crippen LogP contribution < -0.4 is 0 Å². The van der Waals surface area contributed by atoms with Crippen LogP contribution >= 0.6 is 0 Å². The summed E-state index contributed by atoms with van der Waals surface area (Å²) in [5, 5.41) is 0. The van der Waals surface area contributed by atoms with Crippen LogP contribution in [-0.4, -0.2) is 5.78 Å². The molecule has 1 aliphatic carbocycles. The molecular weight excluding hydrogens is 265 g/mol. The van der Waals surface area contributed by atoms with Gasteiger partial charge in [0, 0.05) is 11.5 Å². The summed E-state index contributed by atoms with van der Waals surface area (Å²) in [5.41, 5.74) is -0.298. The maximum absolute atomic E-state index is 12.5. The number of rotatable bonds is 3. The highest BCUT2D eigenvalue weighted by atomic mass is 19.4. The monoisotopic (exact) mass is 284 g/mol. The first-order chi connectivity index (χ1) is 9.43. The van der Waals surface area contributed by atoms with Gasteiger partial charge in [0.05, 0.1) is 5.56 Å². The standard InChI is InChI=1S/C16H19F3O/c1-2-11-5-3-4-6-14(11)15(20)12-7-9-13(10-8-12)16(17,18)19/h7-11,14H,2-6H2,1H3. The Balaban J connectivity index is 2.16. The van der Waals surface area contributed by atoms with Gasteiger partial charge in [0.1, 0.15) is 0 Å². The van der Waals surface area contributed by atoms with Crippen molar-refractivity contribution in [2.45, 2.75) is 45.2 Å². The van der Waals surface area contributed by atoms with Gasteiger partial charge in [0.25, 0.3) is 0 Å². The molecule has 0 N–H and O–H groups in total. The van der Waals surface area contributed by atoms with Crippen LogP contribution in [0.3, 0.4) is 0 Å². The minimum Gasteiger partial charge on any atom is -0.294 e. The number of alkyl halides is 3. The number of benzene rings is 1.